The molecule has 0 aliphatic rings. The highest BCUT2D eigenvalue weighted by Gasteiger charge is 1.89. The Bertz CT molecular complexity index is 191. The quantitative estimate of drug-likeness (QED) is 0.568. The molecule has 0 N–H and O–H groups in total. The van der Waals surface area contributed by atoms with Crippen molar-refractivity contribution in [2.45, 2.75) is 6.42 Å². The Kier molecular flexibility index (Phi) is 3.98. The van der Waals surface area contributed by atoms with Gasteiger partial charge in [0.1, 0.15) is 5.75 Å². The standard InChI is InChI=1S/C8H10BrNO/c9-4-2-6-11-8-3-1-5-10-7-8/h1,3,5,7H,2,4,6H2. The molecule has 0 aromatic carbocycles. The van der Waals surface area contributed by atoms with Crippen molar-refractivity contribution >= 4 is 15.9 Å². The van der Waals surface area contributed by atoms with Gasteiger partial charge in [-0.25, -0.2) is 0 Å². The van der Waals surface area contributed by atoms with Gasteiger partial charge in [0, 0.05) is 11.5 Å². The van der Waals surface area contributed by atoms with Crippen LogP contribution in [0.15, 0.2) is 24.5 Å². The molecular formula is C8H10BrNO. The number of rotatable bonds is 4. The molecule has 0 saturated carbocycles. The van der Waals surface area contributed by atoms with Gasteiger partial charge in [0.15, 0.2) is 0 Å². The van der Waals surface area contributed by atoms with Crippen molar-refractivity contribution in [3.63, 3.8) is 0 Å². The zero-order valence-electron chi connectivity index (χ0n) is 6.16. The average molecular weight is 216 g/mol. The van der Waals surface area contributed by atoms with Gasteiger partial charge in [0.2, 0.25) is 0 Å². The fraction of sp³-hybridized carbons (Fsp3) is 0.375. The van der Waals surface area contributed by atoms with Gasteiger partial charge in [-0.15, -0.1) is 0 Å². The van der Waals surface area contributed by atoms with Crippen LogP contribution in [-0.4, -0.2) is 16.9 Å². The molecule has 1 rings (SSSR count). The summed E-state index contributed by atoms with van der Waals surface area (Å²) in [6.07, 6.45) is 4.47. The Morgan fingerprint density at radius 3 is 3.09 bits per heavy atom. The number of nitrogens with zero attached hydrogens (tertiary/aromatic N) is 1. The maximum absolute atomic E-state index is 5.35. The smallest absolute Gasteiger partial charge is 0.137 e. The number of alkyl halides is 1. The van der Waals surface area contributed by atoms with Crippen molar-refractivity contribution in [3.05, 3.63) is 24.5 Å². The molecule has 0 aliphatic carbocycles. The van der Waals surface area contributed by atoms with Crippen molar-refractivity contribution in [3.8, 4) is 5.75 Å². The Morgan fingerprint density at radius 1 is 1.55 bits per heavy atom. The van der Waals surface area contributed by atoms with Gasteiger partial charge in [0.25, 0.3) is 0 Å². The molecule has 0 fully saturated rings. The lowest BCUT2D eigenvalue weighted by Crippen LogP contribution is -1.97. The summed E-state index contributed by atoms with van der Waals surface area (Å²) in [6.45, 7) is 0.747. The van der Waals surface area contributed by atoms with Gasteiger partial charge in [-0.1, -0.05) is 15.9 Å². The average Bonchev–Trinajstić information content (AvgIpc) is 2.07. The number of halogens is 1. The molecule has 0 saturated heterocycles. The van der Waals surface area contributed by atoms with E-state index in [1.165, 1.54) is 0 Å². The summed E-state index contributed by atoms with van der Waals surface area (Å²) in [5, 5.41) is 0.979. The third-order valence-corrected chi connectivity index (χ3v) is 1.74. The zero-order valence-corrected chi connectivity index (χ0v) is 7.75. The van der Waals surface area contributed by atoms with Crippen molar-refractivity contribution < 1.29 is 4.74 Å². The Labute approximate surface area is 74.7 Å². The highest BCUT2D eigenvalue weighted by atomic mass is 79.9. The molecule has 0 atom stereocenters. The lowest BCUT2D eigenvalue weighted by atomic mass is 10.4. The second-order valence-electron chi connectivity index (χ2n) is 2.08. The van der Waals surface area contributed by atoms with Gasteiger partial charge in [0.05, 0.1) is 12.8 Å². The van der Waals surface area contributed by atoms with Crippen LogP contribution in [0.4, 0.5) is 0 Å². The van der Waals surface area contributed by atoms with E-state index in [0.717, 1.165) is 24.1 Å². The fourth-order valence-corrected chi connectivity index (χ4v) is 0.906. The van der Waals surface area contributed by atoms with Crippen LogP contribution in [0.1, 0.15) is 6.42 Å². The maximum Gasteiger partial charge on any atom is 0.137 e. The van der Waals surface area contributed by atoms with Gasteiger partial charge >= 0.3 is 0 Å². The Balaban J connectivity index is 2.28. The number of ether oxygens (including phenoxy) is 1. The first-order valence-corrected chi connectivity index (χ1v) is 4.64. The van der Waals surface area contributed by atoms with Gasteiger partial charge < -0.3 is 4.74 Å². The van der Waals surface area contributed by atoms with Crippen LogP contribution >= 0.6 is 15.9 Å². The molecule has 0 amide bonds. The first-order valence-electron chi connectivity index (χ1n) is 3.52. The monoisotopic (exact) mass is 215 g/mol. The van der Waals surface area contributed by atoms with E-state index < -0.39 is 0 Å². The maximum atomic E-state index is 5.35. The summed E-state index contributed by atoms with van der Waals surface area (Å²) in [5.41, 5.74) is 0. The SMILES string of the molecule is BrCCCOc1cccnc1. The van der Waals surface area contributed by atoms with E-state index in [0.29, 0.717) is 0 Å². The summed E-state index contributed by atoms with van der Waals surface area (Å²) >= 11 is 3.33. The minimum absolute atomic E-state index is 0.747. The third kappa shape index (κ3) is 3.37. The lowest BCUT2D eigenvalue weighted by molar-refractivity contribution is 0.318. The van der Waals surface area contributed by atoms with Gasteiger partial charge in [-0.05, 0) is 18.6 Å². The summed E-state index contributed by atoms with van der Waals surface area (Å²) in [7, 11) is 0. The predicted octanol–water partition coefficient (Wildman–Crippen LogP) is 2.25. The molecular weight excluding hydrogens is 206 g/mol. The first-order chi connectivity index (χ1) is 5.43. The number of hydrogen-bond acceptors (Lipinski definition) is 2. The van der Waals surface area contributed by atoms with Crippen molar-refractivity contribution in [2.75, 3.05) is 11.9 Å². The predicted molar refractivity (Wildman–Crippen MR) is 48.1 cm³/mol. The molecule has 11 heavy (non-hydrogen) atoms. The summed E-state index contributed by atoms with van der Waals surface area (Å²) < 4.78 is 5.35. The van der Waals surface area contributed by atoms with Crippen LogP contribution in [-0.2, 0) is 0 Å². The van der Waals surface area contributed by atoms with Crippen LogP contribution < -0.4 is 4.74 Å². The third-order valence-electron chi connectivity index (χ3n) is 1.18. The van der Waals surface area contributed by atoms with Gasteiger partial charge in [-0.3, -0.25) is 4.98 Å². The van der Waals surface area contributed by atoms with Crippen molar-refractivity contribution in [2.24, 2.45) is 0 Å². The van der Waals surface area contributed by atoms with E-state index in [-0.39, 0.29) is 0 Å². The largest absolute Gasteiger partial charge is 0.492 e. The van der Waals surface area contributed by atoms with Crippen LogP contribution in [0.25, 0.3) is 0 Å². The molecule has 0 bridgehead atoms. The molecule has 0 spiro atoms. The molecule has 1 aromatic heterocycles. The Morgan fingerprint density at radius 2 is 2.45 bits per heavy atom. The van der Waals surface area contributed by atoms with Gasteiger partial charge in [-0.2, -0.15) is 0 Å². The number of hydrogen-bond donors (Lipinski definition) is 0. The molecule has 1 heterocycles. The van der Waals surface area contributed by atoms with E-state index in [2.05, 4.69) is 20.9 Å². The summed E-state index contributed by atoms with van der Waals surface area (Å²) in [4.78, 5) is 3.93. The molecule has 0 radical (unpaired) electrons. The second kappa shape index (κ2) is 5.13. The minimum Gasteiger partial charge on any atom is -0.492 e. The topological polar surface area (TPSA) is 22.1 Å². The van der Waals surface area contributed by atoms with E-state index in [9.17, 15) is 0 Å². The minimum atomic E-state index is 0.747. The Hall–Kier alpha value is -0.570. The molecule has 1 aromatic rings. The fourth-order valence-electron chi connectivity index (χ4n) is 0.677. The van der Waals surface area contributed by atoms with Crippen LogP contribution in [0.3, 0.4) is 0 Å². The summed E-state index contributed by atoms with van der Waals surface area (Å²) in [6, 6.07) is 3.77. The first kappa shape index (κ1) is 8.53. The number of aromatic nitrogens is 1. The molecule has 0 aliphatic heterocycles. The van der Waals surface area contributed by atoms with Crippen LogP contribution in [0.2, 0.25) is 0 Å². The second-order valence-corrected chi connectivity index (χ2v) is 2.87. The highest BCUT2D eigenvalue weighted by molar-refractivity contribution is 9.09. The molecule has 2 nitrogen and oxygen atoms in total. The van der Waals surface area contributed by atoms with Crippen LogP contribution in [0, 0.1) is 0 Å². The van der Waals surface area contributed by atoms with E-state index in [4.69, 9.17) is 4.74 Å². The molecule has 60 valence electrons. The normalized spacial score (nSPS) is 9.55. The van der Waals surface area contributed by atoms with E-state index >= 15 is 0 Å². The van der Waals surface area contributed by atoms with Crippen LogP contribution in [0.5, 0.6) is 5.75 Å². The molecule has 3 heteroatoms. The van der Waals surface area contributed by atoms with Crippen molar-refractivity contribution in [1.82, 2.24) is 4.98 Å². The van der Waals surface area contributed by atoms with E-state index in [1.807, 2.05) is 12.1 Å². The molecule has 0 unspecified atom stereocenters. The highest BCUT2D eigenvalue weighted by Crippen LogP contribution is 2.06. The number of pyridine rings is 1. The zero-order chi connectivity index (χ0) is 7.94. The summed E-state index contributed by atoms with van der Waals surface area (Å²) in [5.74, 6) is 0.841. The van der Waals surface area contributed by atoms with E-state index in [1.54, 1.807) is 12.4 Å². The lowest BCUT2D eigenvalue weighted by Gasteiger charge is -2.02. The van der Waals surface area contributed by atoms with Crippen molar-refractivity contribution in [1.29, 1.82) is 0 Å².